The first kappa shape index (κ1) is 30.7. The van der Waals surface area contributed by atoms with Crippen LogP contribution in [0.1, 0.15) is 42.6 Å². The lowest BCUT2D eigenvalue weighted by atomic mass is 10.0. The third-order valence-corrected chi connectivity index (χ3v) is 7.21. The van der Waals surface area contributed by atoms with Crippen LogP contribution in [0.4, 0.5) is 5.69 Å². The van der Waals surface area contributed by atoms with Gasteiger partial charge in [0.2, 0.25) is 17.5 Å². The van der Waals surface area contributed by atoms with E-state index in [9.17, 15) is 4.79 Å². The maximum atomic E-state index is 13.0. The van der Waals surface area contributed by atoms with E-state index in [0.29, 0.717) is 53.6 Å². The molecule has 2 aromatic carbocycles. The molecule has 46 heavy (non-hydrogen) atoms. The van der Waals surface area contributed by atoms with Gasteiger partial charge in [0.05, 0.1) is 20.8 Å². The number of methoxy groups -OCH3 is 2. The lowest BCUT2D eigenvalue weighted by Crippen LogP contribution is -2.24. The van der Waals surface area contributed by atoms with Crippen molar-refractivity contribution in [2.45, 2.75) is 38.5 Å². The Kier molecular flexibility index (Phi) is 9.50. The first-order valence-electron chi connectivity index (χ1n) is 14.8. The van der Waals surface area contributed by atoms with E-state index < -0.39 is 11.7 Å². The zero-order chi connectivity index (χ0) is 31.9. The number of hydrogen-bond acceptors (Lipinski definition) is 13. The fraction of sp³-hybridized carbons (Fsp3) is 0.355. The summed E-state index contributed by atoms with van der Waals surface area (Å²) in [5.74, 6) is 2.64. The fourth-order valence-corrected chi connectivity index (χ4v) is 5.01. The van der Waals surface area contributed by atoms with Gasteiger partial charge in [0, 0.05) is 37.2 Å². The molecule has 4 heterocycles. The van der Waals surface area contributed by atoms with Crippen molar-refractivity contribution in [3.63, 3.8) is 0 Å². The summed E-state index contributed by atoms with van der Waals surface area (Å²) in [5.41, 5.74) is 1.66. The summed E-state index contributed by atoms with van der Waals surface area (Å²) in [5, 5.41) is 12.0. The third-order valence-electron chi connectivity index (χ3n) is 7.21. The summed E-state index contributed by atoms with van der Waals surface area (Å²) in [6.45, 7) is 3.00. The molecule has 0 amide bonds. The molecule has 1 fully saturated rings. The molecule has 0 aliphatic carbocycles. The highest BCUT2D eigenvalue weighted by Crippen LogP contribution is 2.41. The molecule has 0 bridgehead atoms. The molecule has 0 spiro atoms. The van der Waals surface area contributed by atoms with Crippen LogP contribution >= 0.6 is 0 Å². The van der Waals surface area contributed by atoms with Crippen LogP contribution in [0.3, 0.4) is 0 Å². The monoisotopic (exact) mass is 630 g/mol. The van der Waals surface area contributed by atoms with Gasteiger partial charge in [-0.3, -0.25) is 4.98 Å². The number of aromatic amines is 1. The number of benzene rings is 2. The number of rotatable bonds is 13. The quantitative estimate of drug-likeness (QED) is 0.180. The van der Waals surface area contributed by atoms with Gasteiger partial charge in [-0.25, -0.2) is 14.8 Å². The molecule has 15 nitrogen and oxygen atoms in total. The van der Waals surface area contributed by atoms with Gasteiger partial charge in [0.15, 0.2) is 23.6 Å². The summed E-state index contributed by atoms with van der Waals surface area (Å²) in [6, 6.07) is 12.0. The summed E-state index contributed by atoms with van der Waals surface area (Å²) in [7, 11) is 3.08. The summed E-state index contributed by atoms with van der Waals surface area (Å²) in [4.78, 5) is 28.5. The fourth-order valence-electron chi connectivity index (χ4n) is 5.01. The second kappa shape index (κ2) is 14.2. The maximum absolute atomic E-state index is 13.0. The molecule has 6 rings (SSSR count). The Morgan fingerprint density at radius 3 is 2.57 bits per heavy atom. The number of aromatic nitrogens is 7. The Hall–Kier alpha value is -5.28. The Labute approximate surface area is 263 Å². The van der Waals surface area contributed by atoms with Crippen LogP contribution < -0.4 is 25.2 Å². The number of anilines is 1. The van der Waals surface area contributed by atoms with E-state index in [1.807, 2.05) is 30.3 Å². The highest BCUT2D eigenvalue weighted by molar-refractivity contribution is 5.61. The van der Waals surface area contributed by atoms with Crippen LogP contribution in [-0.4, -0.2) is 75.2 Å². The standard InChI is InChI=1S/C31H34N8O7/c1-19-34-28(38-46-19)20-8-10-22(11-9-20)35-26(29-36-31(40)39(37-29)30-32-12-6-13-33-30)21-17-23(41-2)27(42-3)24(18-21)43-15-16-45-25-7-4-5-14-44-25/h6,8-13,17-18,25-26,35H,4-5,7,14-16H2,1-3H3,(H,36,37,40). The van der Waals surface area contributed by atoms with Gasteiger partial charge in [-0.05, 0) is 67.3 Å². The van der Waals surface area contributed by atoms with Crippen LogP contribution in [0, 0.1) is 6.92 Å². The van der Waals surface area contributed by atoms with E-state index >= 15 is 0 Å². The SMILES string of the molecule is COc1cc(C(Nc2ccc(-c3noc(C)n3)cc2)c2nn(-c3ncccn3)c(=O)[nH]2)cc(OCCOC2CCCCO2)c1OC. The lowest BCUT2D eigenvalue weighted by molar-refractivity contribution is -0.165. The molecule has 3 aromatic heterocycles. The molecule has 5 aromatic rings. The highest BCUT2D eigenvalue weighted by Gasteiger charge is 2.25. The normalized spacial score (nSPS) is 15.3. The molecule has 2 unspecified atom stereocenters. The topological polar surface area (TPSA) is 174 Å². The van der Waals surface area contributed by atoms with Crippen molar-refractivity contribution in [2.24, 2.45) is 0 Å². The van der Waals surface area contributed by atoms with E-state index in [1.54, 1.807) is 26.2 Å². The van der Waals surface area contributed by atoms with Gasteiger partial charge in [0.1, 0.15) is 12.6 Å². The molecule has 0 radical (unpaired) electrons. The summed E-state index contributed by atoms with van der Waals surface area (Å²) >= 11 is 0. The molecule has 1 aliphatic rings. The van der Waals surface area contributed by atoms with Crippen LogP contribution in [0.2, 0.25) is 0 Å². The zero-order valence-electron chi connectivity index (χ0n) is 25.6. The molecular weight excluding hydrogens is 596 g/mol. The van der Waals surface area contributed by atoms with Gasteiger partial charge in [-0.2, -0.15) is 4.98 Å². The Bertz CT molecular complexity index is 1780. The van der Waals surface area contributed by atoms with Gasteiger partial charge >= 0.3 is 5.69 Å². The van der Waals surface area contributed by atoms with Crippen molar-refractivity contribution in [2.75, 3.05) is 39.4 Å². The summed E-state index contributed by atoms with van der Waals surface area (Å²) < 4.78 is 35.2. The van der Waals surface area contributed by atoms with Crippen molar-refractivity contribution < 1.29 is 28.2 Å². The van der Waals surface area contributed by atoms with E-state index in [-0.39, 0.29) is 18.8 Å². The van der Waals surface area contributed by atoms with Crippen molar-refractivity contribution >= 4 is 5.69 Å². The molecule has 2 N–H and O–H groups in total. The average Bonchev–Trinajstić information content (AvgIpc) is 3.71. The molecule has 240 valence electrons. The summed E-state index contributed by atoms with van der Waals surface area (Å²) in [6.07, 6.45) is 5.81. The number of ether oxygens (including phenoxy) is 5. The number of nitrogens with one attached hydrogen (secondary N) is 2. The Morgan fingerprint density at radius 1 is 1.07 bits per heavy atom. The van der Waals surface area contributed by atoms with Crippen LogP contribution in [0.15, 0.2) is 64.2 Å². The predicted octanol–water partition coefficient (Wildman–Crippen LogP) is 3.85. The zero-order valence-corrected chi connectivity index (χ0v) is 25.6. The van der Waals surface area contributed by atoms with Gasteiger partial charge in [0.25, 0.3) is 5.95 Å². The first-order valence-corrected chi connectivity index (χ1v) is 14.8. The van der Waals surface area contributed by atoms with Crippen LogP contribution in [0.25, 0.3) is 17.3 Å². The number of nitrogens with zero attached hydrogens (tertiary/aromatic N) is 6. The van der Waals surface area contributed by atoms with Crippen molar-refractivity contribution in [1.82, 2.24) is 34.9 Å². The minimum Gasteiger partial charge on any atom is -0.493 e. The van der Waals surface area contributed by atoms with Gasteiger partial charge in [-0.15, -0.1) is 9.78 Å². The van der Waals surface area contributed by atoms with Gasteiger partial charge < -0.3 is 33.5 Å². The van der Waals surface area contributed by atoms with E-state index in [4.69, 9.17) is 28.2 Å². The number of aryl methyl sites for hydroxylation is 1. The molecule has 1 aliphatic heterocycles. The first-order chi connectivity index (χ1) is 22.5. The Balaban J connectivity index is 1.33. The predicted molar refractivity (Wildman–Crippen MR) is 164 cm³/mol. The molecular formula is C31H34N8O7. The highest BCUT2D eigenvalue weighted by atomic mass is 16.7. The van der Waals surface area contributed by atoms with Crippen molar-refractivity contribution in [1.29, 1.82) is 0 Å². The molecule has 0 saturated carbocycles. The average molecular weight is 631 g/mol. The maximum Gasteiger partial charge on any atom is 0.350 e. The van der Waals surface area contributed by atoms with Crippen LogP contribution in [-0.2, 0) is 9.47 Å². The lowest BCUT2D eigenvalue weighted by Gasteiger charge is -2.23. The third kappa shape index (κ3) is 7.00. The van der Waals surface area contributed by atoms with Crippen molar-refractivity contribution in [3.8, 4) is 34.6 Å². The number of hydrogen-bond donors (Lipinski definition) is 2. The largest absolute Gasteiger partial charge is 0.493 e. The second-order valence-corrected chi connectivity index (χ2v) is 10.3. The van der Waals surface area contributed by atoms with Gasteiger partial charge in [-0.1, -0.05) is 5.16 Å². The minimum absolute atomic E-state index is 0.131. The second-order valence-electron chi connectivity index (χ2n) is 10.3. The van der Waals surface area contributed by atoms with E-state index in [2.05, 4.69) is 35.5 Å². The molecule has 2 atom stereocenters. The molecule has 15 heteroatoms. The minimum atomic E-state index is -0.690. The molecule has 1 saturated heterocycles. The Morgan fingerprint density at radius 2 is 1.87 bits per heavy atom. The number of H-pyrrole nitrogens is 1. The van der Waals surface area contributed by atoms with Crippen molar-refractivity contribution in [3.05, 3.63) is 82.6 Å². The van der Waals surface area contributed by atoms with Crippen LogP contribution in [0.5, 0.6) is 17.2 Å². The smallest absolute Gasteiger partial charge is 0.350 e. The van der Waals surface area contributed by atoms with E-state index in [1.165, 1.54) is 19.5 Å². The van der Waals surface area contributed by atoms with E-state index in [0.717, 1.165) is 35.2 Å².